The average Bonchev–Trinajstić information content (AvgIpc) is 3.35. The first kappa shape index (κ1) is 22.0. The van der Waals surface area contributed by atoms with Gasteiger partial charge in [-0.2, -0.15) is 18.4 Å². The Morgan fingerprint density at radius 2 is 2.09 bits per heavy atom. The fourth-order valence-corrected chi connectivity index (χ4v) is 3.21. The predicted molar refractivity (Wildman–Crippen MR) is 113 cm³/mol. The van der Waals surface area contributed by atoms with Crippen LogP contribution in [-0.2, 0) is 6.18 Å². The molecule has 11 heteroatoms. The number of rotatable bonds is 5. The van der Waals surface area contributed by atoms with E-state index in [0.717, 1.165) is 18.2 Å². The van der Waals surface area contributed by atoms with Crippen LogP contribution in [0.2, 0.25) is 0 Å². The Hall–Kier alpha value is -4.20. The second-order valence-corrected chi connectivity index (χ2v) is 7.39. The minimum absolute atomic E-state index is 0.0509. The SMILES string of the molecule is N#Cc1ccc2ncc(C(=O)Nc3cc(N=C/C=C(\N)[C@H]4C[C@@H]4F)ccc3C(F)(F)F)n2c1. The monoisotopic (exact) mass is 456 g/mol. The number of imidazole rings is 1. The highest BCUT2D eigenvalue weighted by molar-refractivity contribution is 6.04. The number of halogens is 4. The first-order valence-corrected chi connectivity index (χ1v) is 9.71. The Morgan fingerprint density at radius 3 is 2.76 bits per heavy atom. The summed E-state index contributed by atoms with van der Waals surface area (Å²) < 4.78 is 54.9. The molecule has 0 saturated heterocycles. The van der Waals surface area contributed by atoms with Crippen LogP contribution in [0.1, 0.15) is 28.0 Å². The second kappa shape index (κ2) is 8.38. The molecule has 3 N–H and O–H groups in total. The Labute approximate surface area is 184 Å². The number of anilines is 1. The molecule has 1 aliphatic carbocycles. The Bertz CT molecular complexity index is 1330. The number of alkyl halides is 4. The number of benzene rings is 1. The molecule has 7 nitrogen and oxygen atoms in total. The van der Waals surface area contributed by atoms with Crippen LogP contribution in [-0.4, -0.2) is 27.7 Å². The number of amides is 1. The predicted octanol–water partition coefficient (Wildman–Crippen LogP) is 4.38. The van der Waals surface area contributed by atoms with E-state index < -0.39 is 29.5 Å². The highest BCUT2D eigenvalue weighted by atomic mass is 19.4. The molecule has 4 rings (SSSR count). The van der Waals surface area contributed by atoms with Crippen LogP contribution in [0.5, 0.6) is 0 Å². The molecule has 1 aliphatic rings. The van der Waals surface area contributed by atoms with Crippen molar-refractivity contribution in [2.75, 3.05) is 5.32 Å². The maximum absolute atomic E-state index is 13.5. The lowest BCUT2D eigenvalue weighted by molar-refractivity contribution is -0.136. The van der Waals surface area contributed by atoms with E-state index in [1.807, 2.05) is 6.07 Å². The summed E-state index contributed by atoms with van der Waals surface area (Å²) in [5.74, 6) is -1.21. The number of fused-ring (bicyclic) bond motifs is 1. The summed E-state index contributed by atoms with van der Waals surface area (Å²) in [6.07, 6.45) is -0.151. The van der Waals surface area contributed by atoms with Gasteiger partial charge in [-0.25, -0.2) is 9.37 Å². The first-order chi connectivity index (χ1) is 15.7. The van der Waals surface area contributed by atoms with Crippen molar-refractivity contribution in [1.82, 2.24) is 9.38 Å². The molecule has 0 bridgehead atoms. The third kappa shape index (κ3) is 4.69. The number of allylic oxidation sites excluding steroid dienone is 2. The molecule has 2 heterocycles. The van der Waals surface area contributed by atoms with Gasteiger partial charge in [0, 0.05) is 24.0 Å². The number of pyridine rings is 1. The molecule has 0 spiro atoms. The zero-order valence-corrected chi connectivity index (χ0v) is 16.8. The summed E-state index contributed by atoms with van der Waals surface area (Å²) in [4.78, 5) is 20.8. The minimum atomic E-state index is -4.73. The Morgan fingerprint density at radius 1 is 1.33 bits per heavy atom. The van der Waals surface area contributed by atoms with Gasteiger partial charge in [0.25, 0.3) is 5.91 Å². The van der Waals surface area contributed by atoms with Crippen molar-refractivity contribution >= 4 is 29.1 Å². The number of aromatic nitrogens is 2. The third-order valence-corrected chi connectivity index (χ3v) is 5.06. The molecule has 1 saturated carbocycles. The maximum atomic E-state index is 13.5. The number of nitrogens with two attached hydrogens (primary N) is 1. The van der Waals surface area contributed by atoms with Crippen molar-refractivity contribution in [3.05, 3.63) is 71.3 Å². The zero-order chi connectivity index (χ0) is 23.8. The summed E-state index contributed by atoms with van der Waals surface area (Å²) in [6, 6.07) is 7.95. The van der Waals surface area contributed by atoms with Crippen LogP contribution in [0.3, 0.4) is 0 Å². The highest BCUT2D eigenvalue weighted by Gasteiger charge is 2.39. The number of nitrogens with zero attached hydrogens (tertiary/aromatic N) is 4. The Balaban J connectivity index is 1.63. The van der Waals surface area contributed by atoms with Gasteiger partial charge in [0.05, 0.1) is 28.7 Å². The summed E-state index contributed by atoms with van der Waals surface area (Å²) in [7, 11) is 0. The molecule has 2 aromatic heterocycles. The van der Waals surface area contributed by atoms with Crippen molar-refractivity contribution in [3.63, 3.8) is 0 Å². The fourth-order valence-electron chi connectivity index (χ4n) is 3.21. The van der Waals surface area contributed by atoms with Crippen LogP contribution in [0.4, 0.5) is 28.9 Å². The molecule has 1 aromatic carbocycles. The molecular weight excluding hydrogens is 440 g/mol. The number of nitrogens with one attached hydrogen (secondary N) is 1. The smallest absolute Gasteiger partial charge is 0.402 e. The van der Waals surface area contributed by atoms with Gasteiger partial charge in [-0.3, -0.25) is 14.2 Å². The van der Waals surface area contributed by atoms with Gasteiger partial charge in [-0.1, -0.05) is 0 Å². The van der Waals surface area contributed by atoms with Crippen molar-refractivity contribution in [3.8, 4) is 6.07 Å². The summed E-state index contributed by atoms with van der Waals surface area (Å²) >= 11 is 0. The van der Waals surface area contributed by atoms with Gasteiger partial charge >= 0.3 is 6.18 Å². The van der Waals surface area contributed by atoms with Crippen LogP contribution < -0.4 is 11.1 Å². The maximum Gasteiger partial charge on any atom is 0.418 e. The van der Waals surface area contributed by atoms with Gasteiger partial charge in [-0.15, -0.1) is 0 Å². The van der Waals surface area contributed by atoms with Crippen LogP contribution in [0.15, 0.2) is 59.5 Å². The molecule has 168 valence electrons. The van der Waals surface area contributed by atoms with Crippen LogP contribution in [0.25, 0.3) is 5.65 Å². The van der Waals surface area contributed by atoms with E-state index in [1.165, 1.54) is 41.2 Å². The molecule has 33 heavy (non-hydrogen) atoms. The van der Waals surface area contributed by atoms with E-state index >= 15 is 0 Å². The molecule has 0 unspecified atom stereocenters. The number of carbonyl (C=O) groups is 1. The third-order valence-electron chi connectivity index (χ3n) is 5.06. The lowest BCUT2D eigenvalue weighted by Crippen LogP contribution is -2.18. The van der Waals surface area contributed by atoms with E-state index in [1.54, 1.807) is 0 Å². The molecule has 1 amide bonds. The zero-order valence-electron chi connectivity index (χ0n) is 16.8. The number of aliphatic imine (C=N–C) groups is 1. The number of carbonyl (C=O) groups excluding carboxylic acids is 1. The van der Waals surface area contributed by atoms with Crippen molar-refractivity contribution in [1.29, 1.82) is 5.26 Å². The standard InChI is InChI=1S/C22H16F4N6O/c23-16-8-14(16)17(28)5-6-29-13-2-3-15(22(24,25)26)18(7-13)31-21(33)19-10-30-20-4-1-12(9-27)11-32(19)20/h1-7,10-11,14,16H,8,28H2,(H,31,33)/b17-5-,29-6?/t14-,16-/m0/s1. The first-order valence-electron chi connectivity index (χ1n) is 9.71. The van der Waals surface area contributed by atoms with Crippen LogP contribution >= 0.6 is 0 Å². The fraction of sp³-hybridized carbons (Fsp3) is 0.182. The molecular formula is C22H16F4N6O. The normalized spacial score (nSPS) is 18.5. The van der Waals surface area contributed by atoms with E-state index in [2.05, 4.69) is 15.3 Å². The van der Waals surface area contributed by atoms with Gasteiger partial charge in [0.15, 0.2) is 0 Å². The summed E-state index contributed by atoms with van der Waals surface area (Å²) in [5, 5.41) is 11.3. The highest BCUT2D eigenvalue weighted by Crippen LogP contribution is 2.38. The van der Waals surface area contributed by atoms with Gasteiger partial charge in [0.2, 0.25) is 0 Å². The lowest BCUT2D eigenvalue weighted by Gasteiger charge is -2.14. The van der Waals surface area contributed by atoms with Crippen molar-refractivity contribution in [2.45, 2.75) is 18.8 Å². The summed E-state index contributed by atoms with van der Waals surface area (Å²) in [6.45, 7) is 0. The largest absolute Gasteiger partial charge is 0.418 e. The molecule has 2 atom stereocenters. The van der Waals surface area contributed by atoms with Gasteiger partial charge in [0.1, 0.15) is 23.6 Å². The quantitative estimate of drug-likeness (QED) is 0.439. The lowest BCUT2D eigenvalue weighted by atomic mass is 10.1. The Kier molecular flexibility index (Phi) is 5.59. The van der Waals surface area contributed by atoms with Crippen LogP contribution in [0, 0.1) is 17.2 Å². The van der Waals surface area contributed by atoms with Gasteiger partial charge < -0.3 is 11.1 Å². The van der Waals surface area contributed by atoms with E-state index in [9.17, 15) is 22.4 Å². The van der Waals surface area contributed by atoms with Crippen molar-refractivity contribution < 1.29 is 22.4 Å². The molecule has 0 aliphatic heterocycles. The number of hydrogen-bond acceptors (Lipinski definition) is 5. The number of hydrogen-bond donors (Lipinski definition) is 2. The second-order valence-electron chi connectivity index (χ2n) is 7.39. The van der Waals surface area contributed by atoms with E-state index in [-0.39, 0.29) is 22.9 Å². The van der Waals surface area contributed by atoms with Crippen molar-refractivity contribution in [2.24, 2.45) is 16.6 Å². The average molecular weight is 456 g/mol. The number of nitriles is 1. The molecule has 0 radical (unpaired) electrons. The topological polar surface area (TPSA) is 109 Å². The van der Waals surface area contributed by atoms with E-state index in [0.29, 0.717) is 17.8 Å². The van der Waals surface area contributed by atoms with E-state index in [4.69, 9.17) is 11.0 Å². The molecule has 1 fully saturated rings. The van der Waals surface area contributed by atoms with Gasteiger partial charge in [-0.05, 0) is 42.8 Å². The molecule has 3 aromatic rings. The summed E-state index contributed by atoms with van der Waals surface area (Å²) in [5.41, 5.74) is 5.14. The minimum Gasteiger partial charge on any atom is -0.402 e.